The summed E-state index contributed by atoms with van der Waals surface area (Å²) in [4.78, 5) is 4.10. The summed E-state index contributed by atoms with van der Waals surface area (Å²) < 4.78 is 12.9. The van der Waals surface area contributed by atoms with Gasteiger partial charge in [0, 0.05) is 28.2 Å². The minimum absolute atomic E-state index is 0.305. The van der Waals surface area contributed by atoms with E-state index in [0.717, 1.165) is 16.7 Å². The van der Waals surface area contributed by atoms with Gasteiger partial charge in [0.15, 0.2) is 0 Å². The maximum absolute atomic E-state index is 10.8. The number of rotatable bonds is 6. The molecule has 0 saturated carbocycles. The Hall–Kier alpha value is -2.34. The predicted molar refractivity (Wildman–Crippen MR) is 130 cm³/mol. The molecule has 0 radical (unpaired) electrons. The number of thiophene rings is 1. The number of aliphatic hydroxyl groups is 1. The van der Waals surface area contributed by atoms with E-state index in [1.54, 1.807) is 11.1 Å². The van der Waals surface area contributed by atoms with Crippen molar-refractivity contribution in [2.45, 2.75) is 56.7 Å². The molecule has 32 heavy (non-hydrogen) atoms. The maximum Gasteiger partial charge on any atom is 0.137 e. The molecule has 0 aliphatic carbocycles. The molecule has 4 heterocycles. The second kappa shape index (κ2) is 8.22. The van der Waals surface area contributed by atoms with Crippen molar-refractivity contribution < 1.29 is 14.3 Å². The Morgan fingerprint density at radius 3 is 2.75 bits per heavy atom. The molecule has 2 aromatic carbocycles. The first-order chi connectivity index (χ1) is 15.7. The second-order valence-corrected chi connectivity index (χ2v) is 10.5. The number of fused-ring (bicyclic) bond motifs is 4. The van der Waals surface area contributed by atoms with E-state index in [0.29, 0.717) is 31.2 Å². The van der Waals surface area contributed by atoms with Crippen molar-refractivity contribution in [1.82, 2.24) is 4.90 Å². The highest BCUT2D eigenvalue weighted by atomic mass is 32.1. The molecule has 4 aromatic rings. The molecule has 3 atom stereocenters. The molecule has 2 aliphatic rings. The van der Waals surface area contributed by atoms with E-state index in [1.807, 2.05) is 35.6 Å². The second-order valence-electron chi connectivity index (χ2n) is 9.45. The van der Waals surface area contributed by atoms with E-state index in [9.17, 15) is 5.11 Å². The Morgan fingerprint density at radius 2 is 1.94 bits per heavy atom. The van der Waals surface area contributed by atoms with Gasteiger partial charge in [0.25, 0.3) is 0 Å². The number of hydrogen-bond donors (Lipinski definition) is 1. The summed E-state index contributed by atoms with van der Waals surface area (Å²) in [7, 11) is 0. The van der Waals surface area contributed by atoms with Gasteiger partial charge in [-0.25, -0.2) is 0 Å². The van der Waals surface area contributed by atoms with Crippen LogP contribution in [0.15, 0.2) is 59.2 Å². The van der Waals surface area contributed by atoms with Crippen molar-refractivity contribution in [1.29, 1.82) is 0 Å². The van der Waals surface area contributed by atoms with Gasteiger partial charge in [0.2, 0.25) is 0 Å². The molecule has 1 N–H and O–H groups in total. The largest absolute Gasteiger partial charge is 0.490 e. The van der Waals surface area contributed by atoms with Gasteiger partial charge in [0.1, 0.15) is 24.0 Å². The third-order valence-electron chi connectivity index (χ3n) is 7.36. The topological polar surface area (TPSA) is 45.8 Å². The average molecular weight is 448 g/mol. The molecule has 5 heteroatoms. The summed E-state index contributed by atoms with van der Waals surface area (Å²) in [5.74, 6) is 1.42. The Bertz CT molecular complexity index is 1230. The van der Waals surface area contributed by atoms with Crippen LogP contribution in [0.25, 0.3) is 21.1 Å². The smallest absolute Gasteiger partial charge is 0.137 e. The Labute approximate surface area is 192 Å². The van der Waals surface area contributed by atoms with Crippen LogP contribution >= 0.6 is 11.3 Å². The Kier molecular flexibility index (Phi) is 5.21. The van der Waals surface area contributed by atoms with Crippen LogP contribution in [0.3, 0.4) is 0 Å². The lowest BCUT2D eigenvalue weighted by Gasteiger charge is -2.39. The van der Waals surface area contributed by atoms with Crippen molar-refractivity contribution in [3.63, 3.8) is 0 Å². The summed E-state index contributed by atoms with van der Waals surface area (Å²) in [6.07, 6.45) is 6.06. The average Bonchev–Trinajstić information content (AvgIpc) is 3.49. The highest BCUT2D eigenvalue weighted by molar-refractivity contribution is 7.19. The molecular formula is C27H29NO3S. The fourth-order valence-electron chi connectivity index (χ4n) is 5.81. The third kappa shape index (κ3) is 3.62. The maximum atomic E-state index is 10.8. The van der Waals surface area contributed by atoms with Crippen LogP contribution in [0.2, 0.25) is 0 Å². The van der Waals surface area contributed by atoms with Gasteiger partial charge in [-0.15, -0.1) is 11.3 Å². The molecule has 2 bridgehead atoms. The number of aliphatic hydroxyl groups excluding tert-OH is 1. The number of aryl methyl sites for hydroxylation is 1. The fraction of sp³-hybridized carbons (Fsp3) is 0.407. The van der Waals surface area contributed by atoms with E-state index in [4.69, 9.17) is 9.15 Å². The summed E-state index contributed by atoms with van der Waals surface area (Å²) in [6.45, 7) is 3.21. The SMILES string of the molecule is Cc1cccc2cc(C3CC4CCC(C3)N4C[C@H](O)COc3cccc4occc34)sc12. The molecule has 2 unspecified atom stereocenters. The Morgan fingerprint density at radius 1 is 1.12 bits per heavy atom. The third-order valence-corrected chi connectivity index (χ3v) is 8.80. The molecule has 0 spiro atoms. The van der Waals surface area contributed by atoms with Gasteiger partial charge in [-0.3, -0.25) is 4.90 Å². The number of hydrogen-bond acceptors (Lipinski definition) is 5. The lowest BCUT2D eigenvalue weighted by Crippen LogP contribution is -2.47. The molecule has 2 saturated heterocycles. The van der Waals surface area contributed by atoms with E-state index < -0.39 is 6.10 Å². The predicted octanol–water partition coefficient (Wildman–Crippen LogP) is 6.11. The minimum Gasteiger partial charge on any atom is -0.490 e. The summed E-state index contributed by atoms with van der Waals surface area (Å²) >= 11 is 1.99. The molecule has 4 nitrogen and oxygen atoms in total. The number of piperidine rings is 1. The number of furan rings is 1. The molecule has 2 fully saturated rings. The first-order valence-corrected chi connectivity index (χ1v) is 12.5. The van der Waals surface area contributed by atoms with Crippen LogP contribution in [-0.4, -0.2) is 41.3 Å². The van der Waals surface area contributed by atoms with Crippen LogP contribution < -0.4 is 4.74 Å². The minimum atomic E-state index is -0.496. The molecule has 6 rings (SSSR count). The van der Waals surface area contributed by atoms with Gasteiger partial charge < -0.3 is 14.3 Å². The van der Waals surface area contributed by atoms with Gasteiger partial charge >= 0.3 is 0 Å². The van der Waals surface area contributed by atoms with Crippen LogP contribution in [0.4, 0.5) is 0 Å². The Balaban J connectivity index is 1.10. The van der Waals surface area contributed by atoms with Crippen LogP contribution in [0, 0.1) is 6.92 Å². The normalized spacial score (nSPS) is 24.4. The van der Waals surface area contributed by atoms with Crippen LogP contribution in [-0.2, 0) is 0 Å². The molecular weight excluding hydrogens is 418 g/mol. The van der Waals surface area contributed by atoms with E-state index in [-0.39, 0.29) is 0 Å². The zero-order valence-corrected chi connectivity index (χ0v) is 19.2. The zero-order valence-electron chi connectivity index (χ0n) is 18.4. The lowest BCUT2D eigenvalue weighted by molar-refractivity contribution is 0.0323. The van der Waals surface area contributed by atoms with Crippen molar-refractivity contribution in [3.05, 3.63) is 65.2 Å². The van der Waals surface area contributed by atoms with Gasteiger partial charge in [-0.05, 0) is 73.7 Å². The summed E-state index contributed by atoms with van der Waals surface area (Å²) in [5.41, 5.74) is 2.20. The van der Waals surface area contributed by atoms with Gasteiger partial charge in [-0.2, -0.15) is 0 Å². The number of ether oxygens (including phenoxy) is 1. The van der Waals surface area contributed by atoms with Crippen molar-refractivity contribution in [2.24, 2.45) is 0 Å². The first-order valence-electron chi connectivity index (χ1n) is 11.7. The van der Waals surface area contributed by atoms with Crippen LogP contribution in [0.5, 0.6) is 5.75 Å². The van der Waals surface area contributed by atoms with Gasteiger partial charge in [0.05, 0.1) is 11.6 Å². The quantitative estimate of drug-likeness (QED) is 0.388. The highest BCUT2D eigenvalue weighted by Gasteiger charge is 2.42. The zero-order chi connectivity index (χ0) is 21.7. The standard InChI is InChI=1S/C27H29NO3S/c1-17-4-2-5-18-14-26(32-27(17)18)19-12-20-8-9-21(13-19)28(20)15-22(29)16-31-25-7-3-6-24-23(25)10-11-30-24/h2-7,10-11,14,19-22,29H,8-9,12-13,15-16H2,1H3/t19?,20?,21?,22-/m0/s1. The number of nitrogens with zero attached hydrogens (tertiary/aromatic N) is 1. The van der Waals surface area contributed by atoms with Gasteiger partial charge in [-0.1, -0.05) is 24.3 Å². The molecule has 0 amide bonds. The van der Waals surface area contributed by atoms with E-state index in [1.165, 1.54) is 41.3 Å². The summed E-state index contributed by atoms with van der Waals surface area (Å²) in [6, 6.07) is 17.9. The van der Waals surface area contributed by atoms with Crippen molar-refractivity contribution in [3.8, 4) is 5.75 Å². The van der Waals surface area contributed by atoms with Crippen molar-refractivity contribution >= 4 is 32.4 Å². The van der Waals surface area contributed by atoms with E-state index >= 15 is 0 Å². The summed E-state index contributed by atoms with van der Waals surface area (Å²) in [5, 5.41) is 13.1. The molecule has 2 aliphatic heterocycles. The molecule has 2 aromatic heterocycles. The highest BCUT2D eigenvalue weighted by Crippen LogP contribution is 2.46. The molecule has 166 valence electrons. The van der Waals surface area contributed by atoms with Crippen LogP contribution in [0.1, 0.15) is 42.0 Å². The fourth-order valence-corrected chi connectivity index (χ4v) is 7.06. The number of benzene rings is 2. The first kappa shape index (κ1) is 20.3. The lowest BCUT2D eigenvalue weighted by atomic mass is 9.89. The van der Waals surface area contributed by atoms with E-state index in [2.05, 4.69) is 36.1 Å². The monoisotopic (exact) mass is 447 g/mol. The van der Waals surface area contributed by atoms with Crippen molar-refractivity contribution in [2.75, 3.05) is 13.2 Å².